The standard InChI is InChI=1S/C27H27FN6O3/c1-18-16-22(13-14-23(18)33-17-29-31-32-33)34(27(36)24-8-5-15-37-24)25(19-9-11-20(28)12-10-19)26(35)30-21-6-3-2-4-7-21/h5,8-17,21,25H,2-4,6-7H2,1H3,(H,30,35)/t25-/m0/s1. The van der Waals surface area contributed by atoms with Crippen LogP contribution in [0.2, 0.25) is 0 Å². The lowest BCUT2D eigenvalue weighted by Crippen LogP contribution is -2.47. The van der Waals surface area contributed by atoms with Crippen LogP contribution in [-0.4, -0.2) is 38.1 Å². The van der Waals surface area contributed by atoms with Crippen molar-refractivity contribution in [2.24, 2.45) is 0 Å². The van der Waals surface area contributed by atoms with Crippen molar-refractivity contribution >= 4 is 17.5 Å². The summed E-state index contributed by atoms with van der Waals surface area (Å²) in [4.78, 5) is 29.1. The fourth-order valence-electron chi connectivity index (χ4n) is 4.81. The number of anilines is 1. The van der Waals surface area contributed by atoms with Gasteiger partial charge in [0.05, 0.1) is 12.0 Å². The number of tetrazole rings is 1. The van der Waals surface area contributed by atoms with Crippen LogP contribution in [0.15, 0.2) is 71.6 Å². The molecular formula is C27H27FN6O3. The third-order valence-electron chi connectivity index (χ3n) is 6.65. The second-order valence-electron chi connectivity index (χ2n) is 9.18. The Balaban J connectivity index is 1.60. The molecule has 190 valence electrons. The molecular weight excluding hydrogens is 475 g/mol. The predicted molar refractivity (Wildman–Crippen MR) is 134 cm³/mol. The number of amides is 2. The fraction of sp³-hybridized carbons (Fsp3) is 0.296. The molecule has 2 amide bonds. The highest BCUT2D eigenvalue weighted by Gasteiger charge is 2.36. The molecule has 0 radical (unpaired) electrons. The topological polar surface area (TPSA) is 106 Å². The quantitative estimate of drug-likeness (QED) is 0.398. The largest absolute Gasteiger partial charge is 0.459 e. The first-order valence-corrected chi connectivity index (χ1v) is 12.3. The van der Waals surface area contributed by atoms with E-state index in [0.717, 1.165) is 43.4 Å². The Kier molecular flexibility index (Phi) is 7.07. The van der Waals surface area contributed by atoms with Crippen LogP contribution in [0.4, 0.5) is 10.1 Å². The molecule has 10 heteroatoms. The molecule has 1 atom stereocenters. The van der Waals surface area contributed by atoms with Gasteiger partial charge in [-0.1, -0.05) is 31.4 Å². The van der Waals surface area contributed by atoms with Crippen molar-refractivity contribution in [1.82, 2.24) is 25.5 Å². The molecule has 2 heterocycles. The van der Waals surface area contributed by atoms with Crippen molar-refractivity contribution in [3.63, 3.8) is 0 Å². The van der Waals surface area contributed by atoms with Crippen molar-refractivity contribution in [3.8, 4) is 5.69 Å². The van der Waals surface area contributed by atoms with E-state index in [2.05, 4.69) is 20.8 Å². The molecule has 0 unspecified atom stereocenters. The molecule has 0 aliphatic heterocycles. The second-order valence-corrected chi connectivity index (χ2v) is 9.18. The highest BCUT2D eigenvalue weighted by molar-refractivity contribution is 6.08. The average molecular weight is 503 g/mol. The van der Waals surface area contributed by atoms with Gasteiger partial charge in [-0.05, 0) is 83.8 Å². The molecule has 1 N–H and O–H groups in total. The molecule has 9 nitrogen and oxygen atoms in total. The lowest BCUT2D eigenvalue weighted by Gasteiger charge is -2.33. The number of hydrogen-bond acceptors (Lipinski definition) is 6. The SMILES string of the molecule is Cc1cc(N(C(=O)c2ccco2)[C@H](C(=O)NC2CCCCC2)c2ccc(F)cc2)ccc1-n1cnnn1. The van der Waals surface area contributed by atoms with Crippen molar-refractivity contribution in [2.45, 2.75) is 51.1 Å². The third kappa shape index (κ3) is 5.28. The van der Waals surface area contributed by atoms with Crippen molar-refractivity contribution < 1.29 is 18.4 Å². The number of aryl methyl sites for hydroxylation is 1. The molecule has 1 aliphatic carbocycles. The minimum Gasteiger partial charge on any atom is -0.459 e. The summed E-state index contributed by atoms with van der Waals surface area (Å²) in [6, 6.07) is 13.1. The number of carbonyl (C=O) groups excluding carboxylic acids is 2. The predicted octanol–water partition coefficient (Wildman–Crippen LogP) is 4.54. The molecule has 4 aromatic rings. The van der Waals surface area contributed by atoms with Gasteiger partial charge in [0, 0.05) is 11.7 Å². The zero-order chi connectivity index (χ0) is 25.8. The van der Waals surface area contributed by atoms with Crippen LogP contribution in [-0.2, 0) is 4.79 Å². The van der Waals surface area contributed by atoms with Gasteiger partial charge in [0.2, 0.25) is 5.91 Å². The van der Waals surface area contributed by atoms with Gasteiger partial charge in [0.25, 0.3) is 5.91 Å². The maximum Gasteiger partial charge on any atom is 0.294 e. The molecule has 0 spiro atoms. The highest BCUT2D eigenvalue weighted by atomic mass is 19.1. The summed E-state index contributed by atoms with van der Waals surface area (Å²) in [5, 5.41) is 14.5. The Labute approximate surface area is 213 Å². The molecule has 1 fully saturated rings. The van der Waals surface area contributed by atoms with E-state index in [4.69, 9.17) is 4.42 Å². The van der Waals surface area contributed by atoms with Gasteiger partial charge in [0.15, 0.2) is 5.76 Å². The van der Waals surface area contributed by atoms with Crippen LogP contribution in [0, 0.1) is 12.7 Å². The molecule has 1 aliphatic rings. The normalized spacial score (nSPS) is 14.8. The summed E-state index contributed by atoms with van der Waals surface area (Å²) in [5.41, 5.74) is 2.47. The maximum atomic E-state index is 13.9. The zero-order valence-corrected chi connectivity index (χ0v) is 20.4. The van der Waals surface area contributed by atoms with Crippen molar-refractivity contribution in [3.05, 3.63) is 89.9 Å². The molecule has 2 aromatic carbocycles. The summed E-state index contributed by atoms with van der Waals surface area (Å²) in [7, 11) is 0. The van der Waals surface area contributed by atoms with Crippen LogP contribution >= 0.6 is 0 Å². The third-order valence-corrected chi connectivity index (χ3v) is 6.65. The number of carbonyl (C=O) groups is 2. The number of hydrogen-bond donors (Lipinski definition) is 1. The first-order chi connectivity index (χ1) is 18.0. The summed E-state index contributed by atoms with van der Waals surface area (Å²) in [6.45, 7) is 1.87. The molecule has 37 heavy (non-hydrogen) atoms. The minimum absolute atomic E-state index is 0.0219. The second kappa shape index (κ2) is 10.7. The first-order valence-electron chi connectivity index (χ1n) is 12.3. The lowest BCUT2D eigenvalue weighted by atomic mass is 9.94. The summed E-state index contributed by atoms with van der Waals surface area (Å²) >= 11 is 0. The summed E-state index contributed by atoms with van der Waals surface area (Å²) < 4.78 is 20.8. The van der Waals surface area contributed by atoms with Crippen LogP contribution in [0.3, 0.4) is 0 Å². The Morgan fingerprint density at radius 3 is 2.54 bits per heavy atom. The fourth-order valence-corrected chi connectivity index (χ4v) is 4.81. The van der Waals surface area contributed by atoms with Gasteiger partial charge < -0.3 is 9.73 Å². The van der Waals surface area contributed by atoms with Gasteiger partial charge in [-0.25, -0.2) is 9.07 Å². The van der Waals surface area contributed by atoms with E-state index in [1.54, 1.807) is 30.3 Å². The number of benzene rings is 2. The van der Waals surface area contributed by atoms with E-state index in [0.29, 0.717) is 11.3 Å². The number of nitrogens with zero attached hydrogens (tertiary/aromatic N) is 5. The monoisotopic (exact) mass is 502 g/mol. The average Bonchev–Trinajstić information content (AvgIpc) is 3.63. The zero-order valence-electron chi connectivity index (χ0n) is 20.4. The van der Waals surface area contributed by atoms with Crippen molar-refractivity contribution in [1.29, 1.82) is 0 Å². The number of rotatable bonds is 7. The van der Waals surface area contributed by atoms with Gasteiger partial charge in [-0.3, -0.25) is 14.5 Å². The molecule has 5 rings (SSSR count). The first kappa shape index (κ1) is 24.4. The Morgan fingerprint density at radius 1 is 1.11 bits per heavy atom. The van der Waals surface area contributed by atoms with Crippen LogP contribution in [0.5, 0.6) is 0 Å². The van der Waals surface area contributed by atoms with Crippen LogP contribution in [0.25, 0.3) is 5.69 Å². The van der Waals surface area contributed by atoms with Crippen molar-refractivity contribution in [2.75, 3.05) is 4.90 Å². The van der Waals surface area contributed by atoms with E-state index in [1.807, 2.05) is 6.92 Å². The van der Waals surface area contributed by atoms with E-state index < -0.39 is 17.8 Å². The smallest absolute Gasteiger partial charge is 0.294 e. The molecule has 2 aromatic heterocycles. The highest BCUT2D eigenvalue weighted by Crippen LogP contribution is 2.32. The molecule has 0 bridgehead atoms. The minimum atomic E-state index is -1.06. The van der Waals surface area contributed by atoms with Gasteiger partial charge in [-0.15, -0.1) is 5.10 Å². The maximum absolute atomic E-state index is 13.9. The Morgan fingerprint density at radius 2 is 1.89 bits per heavy atom. The molecule has 0 saturated heterocycles. The van der Waals surface area contributed by atoms with Gasteiger partial charge in [0.1, 0.15) is 18.2 Å². The Hall–Kier alpha value is -4.34. The summed E-state index contributed by atoms with van der Waals surface area (Å²) in [6.07, 6.45) is 7.88. The van der Waals surface area contributed by atoms with E-state index in [-0.39, 0.29) is 17.7 Å². The number of nitrogens with one attached hydrogen (secondary N) is 1. The number of furan rings is 1. The Bertz CT molecular complexity index is 1350. The number of aromatic nitrogens is 4. The lowest BCUT2D eigenvalue weighted by molar-refractivity contribution is -0.123. The summed E-state index contributed by atoms with van der Waals surface area (Å²) in [5.74, 6) is -1.17. The molecule has 1 saturated carbocycles. The van der Waals surface area contributed by atoms with E-state index in [1.165, 1.54) is 46.4 Å². The van der Waals surface area contributed by atoms with Crippen LogP contribution in [0.1, 0.15) is 59.8 Å². The number of halogens is 1. The van der Waals surface area contributed by atoms with E-state index in [9.17, 15) is 14.0 Å². The van der Waals surface area contributed by atoms with Crippen LogP contribution < -0.4 is 10.2 Å². The van der Waals surface area contributed by atoms with E-state index >= 15 is 0 Å². The van der Waals surface area contributed by atoms with Gasteiger partial charge in [-0.2, -0.15) is 0 Å². The van der Waals surface area contributed by atoms with Gasteiger partial charge >= 0.3 is 0 Å².